The second-order valence-corrected chi connectivity index (χ2v) is 12.3. The van der Waals surface area contributed by atoms with Crippen LogP contribution < -0.4 is 5.32 Å². The molecule has 0 atom stereocenters. The fourth-order valence-corrected chi connectivity index (χ4v) is 6.41. The van der Waals surface area contributed by atoms with Crippen molar-refractivity contribution < 1.29 is 19.5 Å². The lowest BCUT2D eigenvalue weighted by atomic mass is 9.71. The quantitative estimate of drug-likeness (QED) is 0.338. The summed E-state index contributed by atoms with van der Waals surface area (Å²) in [7, 11) is 0. The van der Waals surface area contributed by atoms with E-state index in [0.717, 1.165) is 42.2 Å². The molecule has 2 N–H and O–H groups in total. The molecule has 2 amide bonds. The van der Waals surface area contributed by atoms with Crippen LogP contribution in [0.5, 0.6) is 0 Å². The van der Waals surface area contributed by atoms with Crippen LogP contribution in [0.15, 0.2) is 53.9 Å². The van der Waals surface area contributed by atoms with E-state index in [4.69, 9.17) is 5.11 Å². The minimum absolute atomic E-state index is 0.0900. The van der Waals surface area contributed by atoms with Crippen molar-refractivity contribution in [1.82, 2.24) is 10.2 Å². The number of carbonyl (C=O) groups excluding carboxylic acids is 2. The van der Waals surface area contributed by atoms with Gasteiger partial charge in [0.1, 0.15) is 0 Å². The number of nitrogens with zero attached hydrogens (tertiary/aromatic N) is 1. The summed E-state index contributed by atoms with van der Waals surface area (Å²) in [4.78, 5) is 38.9. The molecule has 0 aliphatic heterocycles. The number of thiophene rings is 1. The first-order valence-electron chi connectivity index (χ1n) is 13.5. The van der Waals surface area contributed by atoms with Crippen molar-refractivity contribution in [3.05, 3.63) is 70.6 Å². The van der Waals surface area contributed by atoms with E-state index >= 15 is 0 Å². The Balaban J connectivity index is 1.49. The van der Waals surface area contributed by atoms with Crippen molar-refractivity contribution in [2.75, 3.05) is 6.54 Å². The van der Waals surface area contributed by atoms with Crippen molar-refractivity contribution in [2.24, 2.45) is 11.3 Å². The van der Waals surface area contributed by atoms with Crippen LogP contribution in [0.4, 0.5) is 0 Å². The summed E-state index contributed by atoms with van der Waals surface area (Å²) in [5, 5.41) is 14.7. The van der Waals surface area contributed by atoms with Gasteiger partial charge in [0.2, 0.25) is 5.91 Å². The zero-order chi connectivity index (χ0) is 27.3. The predicted octanol–water partition coefficient (Wildman–Crippen LogP) is 6.28. The van der Waals surface area contributed by atoms with Crippen LogP contribution in [0.3, 0.4) is 0 Å². The molecule has 1 fully saturated rings. The van der Waals surface area contributed by atoms with E-state index in [9.17, 15) is 14.4 Å². The number of nitrogens with one attached hydrogen (secondary N) is 1. The minimum atomic E-state index is -0.947. The maximum Gasteiger partial charge on any atom is 0.305 e. The average molecular weight is 535 g/mol. The summed E-state index contributed by atoms with van der Waals surface area (Å²) in [5.41, 5.74) is 2.81. The first kappa shape index (κ1) is 27.8. The highest BCUT2D eigenvalue weighted by atomic mass is 32.1. The van der Waals surface area contributed by atoms with Crippen molar-refractivity contribution in [3.8, 4) is 0 Å². The van der Waals surface area contributed by atoms with E-state index < -0.39 is 5.97 Å². The number of fused-ring (bicyclic) bond motifs is 1. The Morgan fingerprint density at radius 2 is 1.68 bits per heavy atom. The zero-order valence-corrected chi connectivity index (χ0v) is 23.4. The topological polar surface area (TPSA) is 86.7 Å². The number of amides is 2. The number of carbonyl (C=O) groups is 3. The molecule has 1 saturated carbocycles. The van der Waals surface area contributed by atoms with Gasteiger partial charge in [0.05, 0.1) is 12.8 Å². The van der Waals surface area contributed by atoms with Crippen LogP contribution in [0.25, 0.3) is 10.1 Å². The zero-order valence-electron chi connectivity index (χ0n) is 22.5. The Morgan fingerprint density at radius 3 is 2.34 bits per heavy atom. The summed E-state index contributed by atoms with van der Waals surface area (Å²) in [5.74, 6) is -0.438. The highest BCUT2D eigenvalue weighted by Crippen LogP contribution is 2.39. The Bertz CT molecular complexity index is 1270. The molecule has 7 heteroatoms. The van der Waals surface area contributed by atoms with Crippen LogP contribution in [-0.4, -0.2) is 40.4 Å². The molecular formula is C31H38N2O4S. The van der Waals surface area contributed by atoms with Gasteiger partial charge in [-0.25, -0.2) is 0 Å². The molecule has 1 aliphatic rings. The van der Waals surface area contributed by atoms with Crippen LogP contribution in [0, 0.1) is 11.3 Å². The summed E-state index contributed by atoms with van der Waals surface area (Å²) in [6.45, 7) is 7.52. The monoisotopic (exact) mass is 534 g/mol. The highest BCUT2D eigenvalue weighted by molar-refractivity contribution is 7.17. The SMILES string of the molecule is CC(C)(C)C1CCC(N(Cc2ccc(C(=O)NCCC(=O)O)cc2)C(=O)Cc2csc3ccccc23)CC1. The van der Waals surface area contributed by atoms with Gasteiger partial charge < -0.3 is 15.3 Å². The number of aliphatic carboxylic acids is 1. The van der Waals surface area contributed by atoms with Gasteiger partial charge in [0, 0.05) is 29.4 Å². The Hall–Kier alpha value is -3.19. The van der Waals surface area contributed by atoms with E-state index in [1.165, 1.54) is 4.70 Å². The van der Waals surface area contributed by atoms with Crippen molar-refractivity contribution in [1.29, 1.82) is 0 Å². The van der Waals surface area contributed by atoms with Gasteiger partial charge in [-0.2, -0.15) is 0 Å². The smallest absolute Gasteiger partial charge is 0.305 e. The lowest BCUT2D eigenvalue weighted by Crippen LogP contribution is -2.43. The second kappa shape index (κ2) is 12.1. The molecule has 0 spiro atoms. The summed E-state index contributed by atoms with van der Waals surface area (Å²) in [6, 6.07) is 15.7. The standard InChI is InChI=1S/C31H38N2O4S/c1-31(2,3)24-12-14-25(15-13-24)33(28(34)18-23-20-38-27-7-5-4-6-26(23)27)19-21-8-10-22(11-9-21)30(37)32-17-16-29(35)36/h4-11,20,24-25H,12-19H2,1-3H3,(H,32,37)(H,35,36). The largest absolute Gasteiger partial charge is 0.481 e. The summed E-state index contributed by atoms with van der Waals surface area (Å²) in [6.07, 6.45) is 4.51. The molecule has 0 unspecified atom stereocenters. The van der Waals surface area contributed by atoms with Crippen LogP contribution in [0.2, 0.25) is 0 Å². The van der Waals surface area contributed by atoms with Crippen molar-refractivity contribution in [2.45, 2.75) is 71.9 Å². The molecule has 6 nitrogen and oxygen atoms in total. The Kier molecular flexibility index (Phi) is 8.87. The van der Waals surface area contributed by atoms with E-state index in [1.807, 2.05) is 24.3 Å². The first-order valence-corrected chi connectivity index (χ1v) is 14.3. The molecule has 0 saturated heterocycles. The number of carboxylic acid groups (broad SMARTS) is 1. The van der Waals surface area contributed by atoms with Gasteiger partial charge in [-0.15, -0.1) is 11.3 Å². The molecular weight excluding hydrogens is 496 g/mol. The lowest BCUT2D eigenvalue weighted by Gasteiger charge is -2.41. The number of carboxylic acids is 1. The van der Waals surface area contributed by atoms with Gasteiger partial charge in [-0.05, 0) is 77.1 Å². The first-order chi connectivity index (χ1) is 18.1. The predicted molar refractivity (Wildman–Crippen MR) is 152 cm³/mol. The van der Waals surface area contributed by atoms with Gasteiger partial charge in [0.25, 0.3) is 5.91 Å². The molecule has 1 heterocycles. The lowest BCUT2D eigenvalue weighted by molar-refractivity contribution is -0.137. The van der Waals surface area contributed by atoms with E-state index in [-0.39, 0.29) is 36.2 Å². The molecule has 4 rings (SSSR count). The van der Waals surface area contributed by atoms with Gasteiger partial charge in [0.15, 0.2) is 0 Å². The maximum absolute atomic E-state index is 13.8. The van der Waals surface area contributed by atoms with E-state index in [1.54, 1.807) is 23.5 Å². The highest BCUT2D eigenvalue weighted by Gasteiger charge is 2.33. The fourth-order valence-electron chi connectivity index (χ4n) is 5.45. The molecule has 1 aromatic heterocycles. The third-order valence-corrected chi connectivity index (χ3v) is 8.79. The molecule has 202 valence electrons. The Labute approximate surface area is 229 Å². The van der Waals surface area contributed by atoms with Gasteiger partial charge in [-0.3, -0.25) is 14.4 Å². The number of benzene rings is 2. The second-order valence-electron chi connectivity index (χ2n) is 11.4. The number of hydrogen-bond donors (Lipinski definition) is 2. The Morgan fingerprint density at radius 1 is 1.00 bits per heavy atom. The maximum atomic E-state index is 13.8. The third-order valence-electron chi connectivity index (χ3n) is 7.78. The normalized spacial score (nSPS) is 17.8. The van der Waals surface area contributed by atoms with E-state index in [2.05, 4.69) is 48.5 Å². The van der Waals surface area contributed by atoms with Crippen molar-refractivity contribution >= 4 is 39.2 Å². The molecule has 1 aliphatic carbocycles. The van der Waals surface area contributed by atoms with Crippen molar-refractivity contribution in [3.63, 3.8) is 0 Å². The molecule has 0 bridgehead atoms. The van der Waals surface area contributed by atoms with Crippen LogP contribution >= 0.6 is 11.3 Å². The average Bonchev–Trinajstić information content (AvgIpc) is 3.29. The molecule has 0 radical (unpaired) electrons. The summed E-state index contributed by atoms with van der Waals surface area (Å²) < 4.78 is 1.20. The third kappa shape index (κ3) is 7.01. The number of rotatable bonds is 9. The number of hydrogen-bond acceptors (Lipinski definition) is 4. The molecule has 2 aromatic carbocycles. The van der Waals surface area contributed by atoms with Gasteiger partial charge >= 0.3 is 5.97 Å². The van der Waals surface area contributed by atoms with Gasteiger partial charge in [-0.1, -0.05) is 51.1 Å². The van der Waals surface area contributed by atoms with Crippen LogP contribution in [-0.2, 0) is 22.6 Å². The molecule has 38 heavy (non-hydrogen) atoms. The van der Waals surface area contributed by atoms with Crippen LogP contribution in [0.1, 0.15) is 74.4 Å². The summed E-state index contributed by atoms with van der Waals surface area (Å²) >= 11 is 1.68. The minimum Gasteiger partial charge on any atom is -0.481 e. The van der Waals surface area contributed by atoms with E-state index in [0.29, 0.717) is 24.4 Å². The fraction of sp³-hybridized carbons (Fsp3) is 0.452. The molecule has 3 aromatic rings.